The highest BCUT2D eigenvalue weighted by molar-refractivity contribution is 7.14. The van der Waals surface area contributed by atoms with Gasteiger partial charge in [-0.15, -0.1) is 11.3 Å². The third kappa shape index (κ3) is 4.13. The van der Waals surface area contributed by atoms with Crippen molar-refractivity contribution >= 4 is 34.5 Å². The van der Waals surface area contributed by atoms with Gasteiger partial charge in [-0.25, -0.2) is 14.6 Å². The second kappa shape index (κ2) is 9.31. The first-order chi connectivity index (χ1) is 15.2. The van der Waals surface area contributed by atoms with E-state index in [4.69, 9.17) is 9.47 Å². The first-order valence-corrected chi connectivity index (χ1v) is 10.7. The van der Waals surface area contributed by atoms with Crippen LogP contribution in [0.4, 0.5) is 5.69 Å². The van der Waals surface area contributed by atoms with Crippen LogP contribution in [0.15, 0.2) is 41.2 Å². The number of carbonyl (C=O) groups excluding carboxylic acids is 2. The summed E-state index contributed by atoms with van der Waals surface area (Å²) in [7, 11) is 1.26. The molecule has 32 heavy (non-hydrogen) atoms. The fourth-order valence-electron chi connectivity index (χ4n) is 3.76. The van der Waals surface area contributed by atoms with Gasteiger partial charge in [-0.3, -0.25) is 10.1 Å². The van der Waals surface area contributed by atoms with Gasteiger partial charge in [0.2, 0.25) is 0 Å². The van der Waals surface area contributed by atoms with Gasteiger partial charge < -0.3 is 14.8 Å². The molecule has 1 unspecified atom stereocenters. The Morgan fingerprint density at radius 3 is 2.50 bits per heavy atom. The number of methoxy groups -OCH3 is 1. The Bertz CT molecular complexity index is 1160. The minimum Gasteiger partial charge on any atom is -0.466 e. The standard InChI is InChI=1S/C22H23N3O6S/c1-6-31-22(27)19-13(4)24-20(32-19)16-11(2)23-12(3)17(21(26)30-5)18(16)14-9-7-8-10-15(14)25(28)29/h7-10,18,23H,6H2,1-5H3. The molecule has 9 nitrogen and oxygen atoms in total. The number of aryl methyl sites for hydroxylation is 1. The number of benzene rings is 1. The number of rotatable bonds is 6. The van der Waals surface area contributed by atoms with Crippen molar-refractivity contribution < 1.29 is 24.0 Å². The average Bonchev–Trinajstić information content (AvgIpc) is 3.14. The molecule has 0 spiro atoms. The normalized spacial score (nSPS) is 16.0. The van der Waals surface area contributed by atoms with Gasteiger partial charge in [0.15, 0.2) is 0 Å². The van der Waals surface area contributed by atoms with E-state index < -0.39 is 22.8 Å². The number of thiazole rings is 1. The molecule has 1 aliphatic rings. The summed E-state index contributed by atoms with van der Waals surface area (Å²) >= 11 is 1.12. The number of nitro groups is 1. The van der Waals surface area contributed by atoms with Crippen LogP contribution in [0.25, 0.3) is 5.57 Å². The van der Waals surface area contributed by atoms with E-state index in [1.165, 1.54) is 13.2 Å². The van der Waals surface area contributed by atoms with Crippen LogP contribution in [0.1, 0.15) is 52.6 Å². The smallest absolute Gasteiger partial charge is 0.350 e. The molecule has 0 radical (unpaired) electrons. The van der Waals surface area contributed by atoms with E-state index in [2.05, 4.69) is 10.3 Å². The summed E-state index contributed by atoms with van der Waals surface area (Å²) < 4.78 is 10.1. The van der Waals surface area contributed by atoms with Crippen molar-refractivity contribution in [3.63, 3.8) is 0 Å². The molecular formula is C22H23N3O6S. The van der Waals surface area contributed by atoms with Gasteiger partial charge in [-0.05, 0) is 27.7 Å². The zero-order chi connectivity index (χ0) is 23.6. The van der Waals surface area contributed by atoms with Crippen LogP contribution >= 0.6 is 11.3 Å². The van der Waals surface area contributed by atoms with Gasteiger partial charge in [0.05, 0.1) is 35.8 Å². The second-order valence-corrected chi connectivity index (χ2v) is 8.10. The molecule has 2 aromatic rings. The maximum Gasteiger partial charge on any atom is 0.350 e. The van der Waals surface area contributed by atoms with Gasteiger partial charge in [0.1, 0.15) is 9.88 Å². The monoisotopic (exact) mass is 457 g/mol. The number of dihydropyridines is 1. The molecule has 0 aliphatic carbocycles. The molecule has 1 atom stereocenters. The maximum absolute atomic E-state index is 12.8. The first kappa shape index (κ1) is 23.1. The van der Waals surface area contributed by atoms with Crippen LogP contribution in [-0.2, 0) is 14.3 Å². The fraction of sp³-hybridized carbons (Fsp3) is 0.318. The molecule has 0 fully saturated rings. The number of esters is 2. The molecule has 0 amide bonds. The van der Waals surface area contributed by atoms with Crippen LogP contribution in [0.3, 0.4) is 0 Å². The number of nitrogens with zero attached hydrogens (tertiary/aromatic N) is 2. The Kier molecular flexibility index (Phi) is 6.73. The van der Waals surface area contributed by atoms with Gasteiger partial charge in [-0.1, -0.05) is 18.2 Å². The number of hydrogen-bond donors (Lipinski definition) is 1. The molecule has 0 bridgehead atoms. The lowest BCUT2D eigenvalue weighted by atomic mass is 9.80. The number of nitrogens with one attached hydrogen (secondary N) is 1. The summed E-state index contributed by atoms with van der Waals surface area (Å²) in [6, 6.07) is 6.26. The lowest BCUT2D eigenvalue weighted by molar-refractivity contribution is -0.385. The molecule has 10 heteroatoms. The summed E-state index contributed by atoms with van der Waals surface area (Å²) in [5, 5.41) is 15.4. The largest absolute Gasteiger partial charge is 0.466 e. The number of aromatic nitrogens is 1. The Morgan fingerprint density at radius 2 is 1.88 bits per heavy atom. The molecular weight excluding hydrogens is 434 g/mol. The topological polar surface area (TPSA) is 121 Å². The van der Waals surface area contributed by atoms with E-state index in [1.807, 2.05) is 0 Å². The van der Waals surface area contributed by atoms with Crippen molar-refractivity contribution in [2.24, 2.45) is 0 Å². The number of ether oxygens (including phenoxy) is 2. The summed E-state index contributed by atoms with van der Waals surface area (Å²) in [5.41, 5.74) is 2.69. The SMILES string of the molecule is CCOC(=O)c1sc(C2=C(C)NC(C)=C(C(=O)OC)C2c2ccccc2[N+](=O)[O-])nc1C. The molecule has 1 aromatic heterocycles. The lowest BCUT2D eigenvalue weighted by Crippen LogP contribution is -2.28. The van der Waals surface area contributed by atoms with E-state index in [0.717, 1.165) is 11.3 Å². The molecule has 168 valence electrons. The minimum atomic E-state index is -0.814. The van der Waals surface area contributed by atoms with E-state index >= 15 is 0 Å². The molecule has 1 aromatic carbocycles. The predicted octanol–water partition coefficient (Wildman–Crippen LogP) is 4.10. The van der Waals surface area contributed by atoms with Gasteiger partial charge in [0, 0.05) is 28.6 Å². The average molecular weight is 458 g/mol. The Hall–Kier alpha value is -3.53. The van der Waals surface area contributed by atoms with Crippen molar-refractivity contribution in [1.29, 1.82) is 0 Å². The summed E-state index contributed by atoms with van der Waals surface area (Å²) in [4.78, 5) is 41.4. The van der Waals surface area contributed by atoms with Crippen molar-refractivity contribution in [2.75, 3.05) is 13.7 Å². The van der Waals surface area contributed by atoms with Crippen LogP contribution in [0.5, 0.6) is 0 Å². The van der Waals surface area contributed by atoms with Gasteiger partial charge in [0.25, 0.3) is 5.69 Å². The van der Waals surface area contributed by atoms with Crippen LogP contribution < -0.4 is 5.32 Å². The minimum absolute atomic E-state index is 0.127. The highest BCUT2D eigenvalue weighted by Crippen LogP contribution is 2.47. The summed E-state index contributed by atoms with van der Waals surface area (Å²) in [6.07, 6.45) is 0. The number of allylic oxidation sites excluding steroid dienone is 3. The molecule has 1 aliphatic heterocycles. The summed E-state index contributed by atoms with van der Waals surface area (Å²) in [6.45, 7) is 7.15. The highest BCUT2D eigenvalue weighted by Gasteiger charge is 2.39. The highest BCUT2D eigenvalue weighted by atomic mass is 32.1. The van der Waals surface area contributed by atoms with E-state index in [1.54, 1.807) is 45.9 Å². The zero-order valence-electron chi connectivity index (χ0n) is 18.3. The van der Waals surface area contributed by atoms with Crippen molar-refractivity contribution in [3.8, 4) is 0 Å². The molecule has 0 saturated heterocycles. The molecule has 3 rings (SSSR count). The lowest BCUT2D eigenvalue weighted by Gasteiger charge is -2.30. The third-order valence-corrected chi connectivity index (χ3v) is 6.27. The van der Waals surface area contributed by atoms with E-state index in [-0.39, 0.29) is 17.9 Å². The quantitative estimate of drug-likeness (QED) is 0.391. The number of para-hydroxylation sites is 1. The van der Waals surface area contributed by atoms with Crippen molar-refractivity contribution in [3.05, 3.63) is 72.5 Å². The number of hydrogen-bond acceptors (Lipinski definition) is 9. The Balaban J connectivity index is 2.28. The number of carbonyl (C=O) groups is 2. The van der Waals surface area contributed by atoms with Crippen molar-refractivity contribution in [2.45, 2.75) is 33.6 Å². The summed E-state index contributed by atoms with van der Waals surface area (Å²) in [5.74, 6) is -1.91. The fourth-order valence-corrected chi connectivity index (χ4v) is 4.86. The van der Waals surface area contributed by atoms with E-state index in [9.17, 15) is 19.7 Å². The number of nitro benzene ring substituents is 1. The predicted molar refractivity (Wildman–Crippen MR) is 119 cm³/mol. The van der Waals surface area contributed by atoms with E-state index in [0.29, 0.717) is 38.1 Å². The van der Waals surface area contributed by atoms with Gasteiger partial charge >= 0.3 is 11.9 Å². The maximum atomic E-state index is 12.8. The Labute approximate surface area is 188 Å². The Morgan fingerprint density at radius 1 is 1.19 bits per heavy atom. The molecule has 0 saturated carbocycles. The first-order valence-electron chi connectivity index (χ1n) is 9.86. The van der Waals surface area contributed by atoms with Gasteiger partial charge in [-0.2, -0.15) is 0 Å². The van der Waals surface area contributed by atoms with Crippen LogP contribution in [0.2, 0.25) is 0 Å². The third-order valence-electron chi connectivity index (χ3n) is 5.10. The van der Waals surface area contributed by atoms with Crippen LogP contribution in [-0.4, -0.2) is 35.6 Å². The molecule has 1 N–H and O–H groups in total. The zero-order valence-corrected chi connectivity index (χ0v) is 19.2. The molecule has 2 heterocycles. The van der Waals surface area contributed by atoms with Crippen molar-refractivity contribution in [1.82, 2.24) is 10.3 Å². The van der Waals surface area contributed by atoms with Crippen LogP contribution in [0, 0.1) is 17.0 Å². The second-order valence-electron chi connectivity index (χ2n) is 7.10.